The summed E-state index contributed by atoms with van der Waals surface area (Å²) in [6.45, 7) is 0. The molecule has 1 heterocycles. The van der Waals surface area contributed by atoms with Gasteiger partial charge in [-0.2, -0.15) is 0 Å². The summed E-state index contributed by atoms with van der Waals surface area (Å²) in [5.41, 5.74) is 5.98. The second kappa shape index (κ2) is 4.41. The van der Waals surface area contributed by atoms with E-state index in [2.05, 4.69) is 53.8 Å². The molecular weight excluding hydrogens is 230 g/mol. The molecular formula is C18H19N. The lowest BCUT2D eigenvalue weighted by Crippen LogP contribution is -2.30. The van der Waals surface area contributed by atoms with Crippen LogP contribution in [0.25, 0.3) is 0 Å². The molecule has 2 atom stereocenters. The summed E-state index contributed by atoms with van der Waals surface area (Å²) >= 11 is 0. The molecule has 0 saturated carbocycles. The number of fused-ring (bicyclic) bond motifs is 2. The summed E-state index contributed by atoms with van der Waals surface area (Å²) in [4.78, 5) is 0. The van der Waals surface area contributed by atoms with Crippen molar-refractivity contribution >= 4 is 5.69 Å². The lowest BCUT2D eigenvalue weighted by Gasteiger charge is -2.35. The van der Waals surface area contributed by atoms with E-state index >= 15 is 0 Å². The van der Waals surface area contributed by atoms with Crippen molar-refractivity contribution in [1.29, 1.82) is 0 Å². The van der Waals surface area contributed by atoms with Gasteiger partial charge in [0, 0.05) is 11.7 Å². The molecule has 96 valence electrons. The van der Waals surface area contributed by atoms with E-state index in [1.807, 2.05) is 0 Å². The Balaban J connectivity index is 1.47. The van der Waals surface area contributed by atoms with Crippen LogP contribution in [0.2, 0.25) is 0 Å². The Morgan fingerprint density at radius 3 is 2.63 bits per heavy atom. The standard InChI is InChI=1S/C18H19N/c1-3-7-17-14(6-1)11-15(17)12-16-10-9-13-5-2-4-8-18(13)19-16/h1-8,15-16,19H,9-12H2. The predicted octanol–water partition coefficient (Wildman–Crippen LogP) is 4.14. The first-order chi connectivity index (χ1) is 9.40. The number of aryl methyl sites for hydroxylation is 1. The highest BCUT2D eigenvalue weighted by Crippen LogP contribution is 2.39. The number of benzene rings is 2. The van der Waals surface area contributed by atoms with Crippen LogP contribution in [-0.2, 0) is 12.8 Å². The van der Waals surface area contributed by atoms with E-state index in [1.165, 1.54) is 36.9 Å². The molecule has 1 nitrogen and oxygen atoms in total. The first-order valence-corrected chi connectivity index (χ1v) is 7.32. The molecule has 0 amide bonds. The van der Waals surface area contributed by atoms with Crippen LogP contribution in [0.1, 0.15) is 35.4 Å². The number of para-hydroxylation sites is 1. The maximum absolute atomic E-state index is 3.73. The number of anilines is 1. The van der Waals surface area contributed by atoms with Crippen molar-refractivity contribution < 1.29 is 0 Å². The minimum atomic E-state index is 0.647. The van der Waals surface area contributed by atoms with Gasteiger partial charge < -0.3 is 5.32 Å². The van der Waals surface area contributed by atoms with Crippen LogP contribution in [0.5, 0.6) is 0 Å². The van der Waals surface area contributed by atoms with Crippen LogP contribution >= 0.6 is 0 Å². The van der Waals surface area contributed by atoms with E-state index in [4.69, 9.17) is 0 Å². The van der Waals surface area contributed by atoms with Crippen molar-refractivity contribution in [3.05, 3.63) is 65.2 Å². The molecule has 19 heavy (non-hydrogen) atoms. The van der Waals surface area contributed by atoms with Gasteiger partial charge in [0.15, 0.2) is 0 Å². The lowest BCUT2D eigenvalue weighted by atomic mass is 9.73. The Morgan fingerprint density at radius 1 is 0.947 bits per heavy atom. The van der Waals surface area contributed by atoms with E-state index in [1.54, 1.807) is 11.1 Å². The Morgan fingerprint density at radius 2 is 1.74 bits per heavy atom. The molecule has 0 aromatic heterocycles. The molecule has 0 fully saturated rings. The Labute approximate surface area is 114 Å². The normalized spacial score (nSPS) is 23.8. The molecule has 0 spiro atoms. The maximum atomic E-state index is 3.73. The molecule has 0 saturated heterocycles. The maximum Gasteiger partial charge on any atom is 0.0374 e. The van der Waals surface area contributed by atoms with Crippen LogP contribution in [0, 0.1) is 0 Å². The fourth-order valence-corrected chi connectivity index (χ4v) is 3.59. The number of hydrogen-bond acceptors (Lipinski definition) is 1. The molecule has 1 N–H and O–H groups in total. The first kappa shape index (κ1) is 11.1. The van der Waals surface area contributed by atoms with Gasteiger partial charge in [0.2, 0.25) is 0 Å². The zero-order chi connectivity index (χ0) is 12.7. The minimum Gasteiger partial charge on any atom is -0.382 e. The molecule has 1 aliphatic carbocycles. The van der Waals surface area contributed by atoms with Gasteiger partial charge in [-0.1, -0.05) is 42.5 Å². The van der Waals surface area contributed by atoms with Crippen molar-refractivity contribution in [2.75, 3.05) is 5.32 Å². The third-order valence-electron chi connectivity index (χ3n) is 4.67. The Kier molecular flexibility index (Phi) is 2.58. The number of nitrogens with one attached hydrogen (secondary N) is 1. The summed E-state index contributed by atoms with van der Waals surface area (Å²) in [6.07, 6.45) is 5.05. The number of rotatable bonds is 2. The third-order valence-corrected chi connectivity index (χ3v) is 4.67. The SMILES string of the molecule is c1ccc2c(c1)CCC(CC1Cc3ccccc31)N2. The molecule has 2 unspecified atom stereocenters. The molecule has 0 radical (unpaired) electrons. The summed E-state index contributed by atoms with van der Waals surface area (Å²) in [7, 11) is 0. The summed E-state index contributed by atoms with van der Waals surface area (Å²) in [6, 6.07) is 18.3. The molecule has 2 aromatic carbocycles. The summed E-state index contributed by atoms with van der Waals surface area (Å²) in [5, 5.41) is 3.73. The van der Waals surface area contributed by atoms with Crippen LogP contribution in [0.15, 0.2) is 48.5 Å². The van der Waals surface area contributed by atoms with Gasteiger partial charge in [-0.25, -0.2) is 0 Å². The smallest absolute Gasteiger partial charge is 0.0374 e. The number of hydrogen-bond donors (Lipinski definition) is 1. The van der Waals surface area contributed by atoms with E-state index in [9.17, 15) is 0 Å². The topological polar surface area (TPSA) is 12.0 Å². The molecule has 1 heteroatoms. The van der Waals surface area contributed by atoms with Crippen LogP contribution in [-0.4, -0.2) is 6.04 Å². The van der Waals surface area contributed by atoms with E-state index in [0.29, 0.717) is 6.04 Å². The fraction of sp³-hybridized carbons (Fsp3) is 0.333. The second-order valence-corrected chi connectivity index (χ2v) is 5.87. The van der Waals surface area contributed by atoms with Crippen molar-refractivity contribution in [3.8, 4) is 0 Å². The zero-order valence-electron chi connectivity index (χ0n) is 11.1. The van der Waals surface area contributed by atoms with Crippen LogP contribution < -0.4 is 5.32 Å². The summed E-state index contributed by atoms with van der Waals surface area (Å²) in [5.74, 6) is 0.777. The van der Waals surface area contributed by atoms with Crippen LogP contribution in [0.3, 0.4) is 0 Å². The zero-order valence-corrected chi connectivity index (χ0v) is 11.1. The van der Waals surface area contributed by atoms with Gasteiger partial charge >= 0.3 is 0 Å². The molecule has 2 aliphatic rings. The average molecular weight is 249 g/mol. The molecule has 2 aromatic rings. The van der Waals surface area contributed by atoms with E-state index in [0.717, 1.165) is 5.92 Å². The van der Waals surface area contributed by atoms with Gasteiger partial charge in [-0.3, -0.25) is 0 Å². The van der Waals surface area contributed by atoms with Gasteiger partial charge in [-0.05, 0) is 54.4 Å². The molecule has 4 rings (SSSR count). The minimum absolute atomic E-state index is 0.647. The highest BCUT2D eigenvalue weighted by Gasteiger charge is 2.29. The van der Waals surface area contributed by atoms with Gasteiger partial charge in [0.25, 0.3) is 0 Å². The van der Waals surface area contributed by atoms with Crippen molar-refractivity contribution in [2.24, 2.45) is 0 Å². The highest BCUT2D eigenvalue weighted by atomic mass is 14.9. The Bertz CT molecular complexity index is 602. The second-order valence-electron chi connectivity index (χ2n) is 5.87. The first-order valence-electron chi connectivity index (χ1n) is 7.32. The van der Waals surface area contributed by atoms with Crippen LogP contribution in [0.4, 0.5) is 5.69 Å². The van der Waals surface area contributed by atoms with E-state index < -0.39 is 0 Å². The van der Waals surface area contributed by atoms with Crippen molar-refractivity contribution in [3.63, 3.8) is 0 Å². The van der Waals surface area contributed by atoms with Gasteiger partial charge in [0.1, 0.15) is 0 Å². The quantitative estimate of drug-likeness (QED) is 0.843. The third kappa shape index (κ3) is 1.94. The average Bonchev–Trinajstić information content (AvgIpc) is 2.45. The predicted molar refractivity (Wildman–Crippen MR) is 79.7 cm³/mol. The van der Waals surface area contributed by atoms with Crippen molar-refractivity contribution in [2.45, 2.75) is 37.6 Å². The highest BCUT2D eigenvalue weighted by molar-refractivity contribution is 5.54. The van der Waals surface area contributed by atoms with Crippen molar-refractivity contribution in [1.82, 2.24) is 0 Å². The van der Waals surface area contributed by atoms with Gasteiger partial charge in [0.05, 0.1) is 0 Å². The monoisotopic (exact) mass is 249 g/mol. The molecule has 0 bridgehead atoms. The van der Waals surface area contributed by atoms with E-state index in [-0.39, 0.29) is 0 Å². The van der Waals surface area contributed by atoms with Gasteiger partial charge in [-0.15, -0.1) is 0 Å². The summed E-state index contributed by atoms with van der Waals surface area (Å²) < 4.78 is 0. The largest absolute Gasteiger partial charge is 0.382 e. The fourth-order valence-electron chi connectivity index (χ4n) is 3.59. The Hall–Kier alpha value is -1.76. The lowest BCUT2D eigenvalue weighted by molar-refractivity contribution is 0.480. The molecule has 1 aliphatic heterocycles.